The Labute approximate surface area is 95.4 Å². The van der Waals surface area contributed by atoms with Crippen LogP contribution in [0, 0.1) is 6.92 Å². The molecule has 1 aliphatic carbocycles. The summed E-state index contributed by atoms with van der Waals surface area (Å²) >= 11 is 1.73. The Balaban J connectivity index is 1.97. The standard InChI is InChI=1S/C12H18N2S/c1-3-10(7-13-11-4-5-11)6-12-9(2)14-8-15-12/h6,8,11,13H,3-5,7H2,1-2H3. The fraction of sp³-hybridized carbons (Fsp3) is 0.583. The summed E-state index contributed by atoms with van der Waals surface area (Å²) in [6.07, 6.45) is 6.13. The van der Waals surface area contributed by atoms with Gasteiger partial charge in [0.05, 0.1) is 11.2 Å². The molecule has 1 fully saturated rings. The second-order valence-corrected chi connectivity index (χ2v) is 5.00. The van der Waals surface area contributed by atoms with E-state index in [9.17, 15) is 0 Å². The monoisotopic (exact) mass is 222 g/mol. The van der Waals surface area contributed by atoms with E-state index in [2.05, 4.69) is 30.2 Å². The van der Waals surface area contributed by atoms with Gasteiger partial charge in [-0.2, -0.15) is 0 Å². The molecule has 1 N–H and O–H groups in total. The van der Waals surface area contributed by atoms with Crippen LogP contribution in [0.4, 0.5) is 0 Å². The van der Waals surface area contributed by atoms with Crippen molar-refractivity contribution in [2.24, 2.45) is 0 Å². The highest BCUT2D eigenvalue weighted by atomic mass is 32.1. The van der Waals surface area contributed by atoms with Crippen LogP contribution in [0.3, 0.4) is 0 Å². The molecule has 82 valence electrons. The lowest BCUT2D eigenvalue weighted by Gasteiger charge is -2.05. The van der Waals surface area contributed by atoms with Gasteiger partial charge in [-0.3, -0.25) is 0 Å². The molecule has 1 aromatic heterocycles. The highest BCUT2D eigenvalue weighted by Crippen LogP contribution is 2.21. The number of nitrogens with zero attached hydrogens (tertiary/aromatic N) is 1. The van der Waals surface area contributed by atoms with Crippen molar-refractivity contribution < 1.29 is 0 Å². The zero-order valence-electron chi connectivity index (χ0n) is 9.42. The maximum atomic E-state index is 4.27. The maximum absolute atomic E-state index is 4.27. The Hall–Kier alpha value is -0.670. The van der Waals surface area contributed by atoms with E-state index in [0.29, 0.717) is 0 Å². The van der Waals surface area contributed by atoms with Crippen LogP contribution < -0.4 is 5.32 Å². The largest absolute Gasteiger partial charge is 0.310 e. The Morgan fingerprint density at radius 2 is 2.47 bits per heavy atom. The third-order valence-corrected chi connectivity index (χ3v) is 3.65. The van der Waals surface area contributed by atoms with Crippen molar-refractivity contribution in [2.75, 3.05) is 6.54 Å². The molecule has 0 aromatic carbocycles. The number of hydrogen-bond acceptors (Lipinski definition) is 3. The van der Waals surface area contributed by atoms with E-state index in [1.165, 1.54) is 23.3 Å². The molecule has 0 saturated heterocycles. The van der Waals surface area contributed by atoms with Gasteiger partial charge in [-0.25, -0.2) is 4.98 Å². The van der Waals surface area contributed by atoms with Crippen molar-refractivity contribution in [3.63, 3.8) is 0 Å². The molecule has 1 saturated carbocycles. The van der Waals surface area contributed by atoms with Crippen LogP contribution in [0.1, 0.15) is 36.8 Å². The molecule has 0 bridgehead atoms. The normalized spacial score (nSPS) is 17.1. The van der Waals surface area contributed by atoms with Gasteiger partial charge in [0.15, 0.2) is 0 Å². The fourth-order valence-electron chi connectivity index (χ4n) is 1.48. The number of aryl methyl sites for hydroxylation is 1. The first-order chi connectivity index (χ1) is 7.29. The summed E-state index contributed by atoms with van der Waals surface area (Å²) in [6, 6.07) is 0.794. The van der Waals surface area contributed by atoms with Gasteiger partial charge in [0.1, 0.15) is 0 Å². The minimum Gasteiger partial charge on any atom is -0.310 e. The van der Waals surface area contributed by atoms with Crippen molar-refractivity contribution in [3.8, 4) is 0 Å². The molecule has 2 nitrogen and oxygen atoms in total. The Morgan fingerprint density at radius 1 is 1.67 bits per heavy atom. The van der Waals surface area contributed by atoms with Gasteiger partial charge in [-0.05, 0) is 32.3 Å². The molecule has 1 aromatic rings. The minimum absolute atomic E-state index is 0.794. The number of thiazole rings is 1. The van der Waals surface area contributed by atoms with E-state index >= 15 is 0 Å². The molecule has 1 aliphatic rings. The summed E-state index contributed by atoms with van der Waals surface area (Å²) in [7, 11) is 0. The quantitative estimate of drug-likeness (QED) is 0.828. The van der Waals surface area contributed by atoms with Gasteiger partial charge >= 0.3 is 0 Å². The minimum atomic E-state index is 0.794. The van der Waals surface area contributed by atoms with Crippen molar-refractivity contribution >= 4 is 17.4 Å². The van der Waals surface area contributed by atoms with Gasteiger partial charge in [0.25, 0.3) is 0 Å². The summed E-state index contributed by atoms with van der Waals surface area (Å²) in [5, 5.41) is 3.56. The SMILES string of the molecule is CCC(=Cc1scnc1C)CNC1CC1. The van der Waals surface area contributed by atoms with E-state index in [1.54, 1.807) is 11.3 Å². The highest BCUT2D eigenvalue weighted by molar-refractivity contribution is 7.10. The van der Waals surface area contributed by atoms with Gasteiger partial charge in [-0.1, -0.05) is 12.5 Å². The molecule has 0 amide bonds. The van der Waals surface area contributed by atoms with E-state index in [0.717, 1.165) is 24.7 Å². The lowest BCUT2D eigenvalue weighted by Crippen LogP contribution is -2.18. The molecule has 1 heterocycles. The van der Waals surface area contributed by atoms with Crippen molar-refractivity contribution in [2.45, 2.75) is 39.2 Å². The summed E-state index contributed by atoms with van der Waals surface area (Å²) in [5.41, 5.74) is 4.55. The van der Waals surface area contributed by atoms with Crippen LogP contribution in [0.5, 0.6) is 0 Å². The van der Waals surface area contributed by atoms with Crippen molar-refractivity contribution in [1.82, 2.24) is 10.3 Å². The van der Waals surface area contributed by atoms with Crippen LogP contribution in [0.25, 0.3) is 6.08 Å². The van der Waals surface area contributed by atoms with Crippen LogP contribution in [-0.4, -0.2) is 17.6 Å². The van der Waals surface area contributed by atoms with Crippen molar-refractivity contribution in [3.05, 3.63) is 21.7 Å². The first-order valence-corrected chi connectivity index (χ1v) is 6.50. The lowest BCUT2D eigenvalue weighted by molar-refractivity contribution is 0.723. The molecule has 15 heavy (non-hydrogen) atoms. The van der Waals surface area contributed by atoms with E-state index in [1.807, 2.05) is 5.51 Å². The molecule has 2 rings (SSSR count). The fourth-order valence-corrected chi connectivity index (χ4v) is 2.26. The first kappa shape index (κ1) is 10.8. The Morgan fingerprint density at radius 3 is 3.00 bits per heavy atom. The molecule has 0 spiro atoms. The average Bonchev–Trinajstić information content (AvgIpc) is 2.98. The summed E-state index contributed by atoms with van der Waals surface area (Å²) in [5.74, 6) is 0. The smallest absolute Gasteiger partial charge is 0.0801 e. The predicted molar refractivity (Wildman–Crippen MR) is 66.1 cm³/mol. The maximum Gasteiger partial charge on any atom is 0.0801 e. The molecular formula is C12H18N2S. The number of rotatable bonds is 5. The first-order valence-electron chi connectivity index (χ1n) is 5.62. The van der Waals surface area contributed by atoms with Crippen LogP contribution in [-0.2, 0) is 0 Å². The lowest BCUT2D eigenvalue weighted by atomic mass is 10.1. The molecule has 3 heteroatoms. The van der Waals surface area contributed by atoms with Crippen LogP contribution >= 0.6 is 11.3 Å². The average molecular weight is 222 g/mol. The Bertz CT molecular complexity index is 350. The van der Waals surface area contributed by atoms with E-state index in [-0.39, 0.29) is 0 Å². The summed E-state index contributed by atoms with van der Waals surface area (Å²) in [4.78, 5) is 5.57. The zero-order chi connectivity index (χ0) is 10.7. The third kappa shape index (κ3) is 3.14. The van der Waals surface area contributed by atoms with E-state index in [4.69, 9.17) is 0 Å². The predicted octanol–water partition coefficient (Wildman–Crippen LogP) is 3.00. The van der Waals surface area contributed by atoms with Gasteiger partial charge in [-0.15, -0.1) is 11.3 Å². The molecule has 0 unspecified atom stereocenters. The van der Waals surface area contributed by atoms with Crippen LogP contribution in [0.15, 0.2) is 11.1 Å². The Kier molecular flexibility index (Phi) is 3.54. The molecule has 0 aliphatic heterocycles. The van der Waals surface area contributed by atoms with E-state index < -0.39 is 0 Å². The van der Waals surface area contributed by atoms with Gasteiger partial charge in [0, 0.05) is 17.5 Å². The summed E-state index contributed by atoms with van der Waals surface area (Å²) in [6.45, 7) is 5.33. The number of hydrogen-bond donors (Lipinski definition) is 1. The van der Waals surface area contributed by atoms with Gasteiger partial charge in [0.2, 0.25) is 0 Å². The second-order valence-electron chi connectivity index (χ2n) is 4.11. The van der Waals surface area contributed by atoms with Crippen LogP contribution in [0.2, 0.25) is 0 Å². The molecular weight excluding hydrogens is 204 g/mol. The number of aromatic nitrogens is 1. The third-order valence-electron chi connectivity index (χ3n) is 2.77. The highest BCUT2D eigenvalue weighted by Gasteiger charge is 2.20. The zero-order valence-corrected chi connectivity index (χ0v) is 10.2. The number of nitrogens with one attached hydrogen (secondary N) is 1. The van der Waals surface area contributed by atoms with Gasteiger partial charge < -0.3 is 5.32 Å². The molecule has 0 radical (unpaired) electrons. The molecule has 0 atom stereocenters. The summed E-state index contributed by atoms with van der Waals surface area (Å²) < 4.78 is 0. The van der Waals surface area contributed by atoms with Crippen molar-refractivity contribution in [1.29, 1.82) is 0 Å². The topological polar surface area (TPSA) is 24.9 Å². The second kappa shape index (κ2) is 4.90.